The molecule has 0 aromatic heterocycles. The Labute approximate surface area is 78.0 Å². The fourth-order valence-corrected chi connectivity index (χ4v) is 1.20. The van der Waals surface area contributed by atoms with E-state index in [0.29, 0.717) is 12.8 Å². The van der Waals surface area contributed by atoms with Crippen LogP contribution in [0.1, 0.15) is 26.7 Å². The minimum Gasteiger partial charge on any atom is -0.396 e. The highest BCUT2D eigenvalue weighted by molar-refractivity contribution is 7.46. The predicted octanol–water partition coefficient (Wildman–Crippen LogP) is 0.894. The molecule has 0 fully saturated rings. The number of phosphoric acid groups is 1. The molecule has 0 saturated heterocycles. The monoisotopic (exact) mass is 212 g/mol. The third-order valence-electron chi connectivity index (χ3n) is 1.83. The van der Waals surface area contributed by atoms with Gasteiger partial charge in [-0.15, -0.1) is 0 Å². The van der Waals surface area contributed by atoms with Crippen molar-refractivity contribution in [1.29, 1.82) is 0 Å². The topological polar surface area (TPSA) is 87.0 Å². The van der Waals surface area contributed by atoms with Gasteiger partial charge in [-0.1, -0.05) is 13.8 Å². The lowest BCUT2D eigenvalue weighted by atomic mass is 9.86. The summed E-state index contributed by atoms with van der Waals surface area (Å²) in [6.07, 6.45) is 1.11. The normalized spacial score (nSPS) is 13.3. The molecule has 0 bridgehead atoms. The first-order valence-corrected chi connectivity index (χ1v) is 5.61. The Kier molecular flexibility index (Phi) is 5.10. The summed E-state index contributed by atoms with van der Waals surface area (Å²) in [7, 11) is -4.33. The van der Waals surface area contributed by atoms with Gasteiger partial charge in [-0.2, -0.15) is 0 Å². The van der Waals surface area contributed by atoms with Crippen molar-refractivity contribution in [3.05, 3.63) is 0 Å². The molecular weight excluding hydrogens is 195 g/mol. The standard InChI is InChI=1S/C7H17O5P/c1-7(2,3-5-8)4-6-12-13(9,10)11/h8H,3-6H2,1-2H3,(H2,9,10,11). The molecule has 13 heavy (non-hydrogen) atoms. The van der Waals surface area contributed by atoms with E-state index in [2.05, 4.69) is 4.52 Å². The lowest BCUT2D eigenvalue weighted by molar-refractivity contribution is 0.145. The van der Waals surface area contributed by atoms with E-state index in [0.717, 1.165) is 0 Å². The van der Waals surface area contributed by atoms with E-state index in [1.807, 2.05) is 13.8 Å². The molecule has 0 aromatic carbocycles. The summed E-state index contributed by atoms with van der Waals surface area (Å²) in [5, 5.41) is 8.67. The van der Waals surface area contributed by atoms with Crippen LogP contribution in [0.25, 0.3) is 0 Å². The summed E-state index contributed by atoms with van der Waals surface area (Å²) in [6, 6.07) is 0. The first-order chi connectivity index (χ1) is 5.77. The molecule has 0 aliphatic heterocycles. The number of rotatable bonds is 6. The Bertz CT molecular complexity index is 185. The molecule has 0 spiro atoms. The first kappa shape index (κ1) is 13.1. The molecule has 0 rings (SSSR count). The van der Waals surface area contributed by atoms with E-state index in [9.17, 15) is 4.57 Å². The molecular formula is C7H17O5P. The summed E-state index contributed by atoms with van der Waals surface area (Å²) < 4.78 is 14.6. The molecule has 0 saturated carbocycles. The maximum atomic E-state index is 10.3. The fraction of sp³-hybridized carbons (Fsp3) is 1.00. The number of phosphoric ester groups is 1. The van der Waals surface area contributed by atoms with Crippen molar-refractivity contribution >= 4 is 7.82 Å². The zero-order valence-electron chi connectivity index (χ0n) is 7.93. The van der Waals surface area contributed by atoms with Crippen molar-refractivity contribution in [3.8, 4) is 0 Å². The molecule has 0 aromatic rings. The van der Waals surface area contributed by atoms with Crippen molar-refractivity contribution in [2.75, 3.05) is 13.2 Å². The molecule has 0 radical (unpaired) electrons. The van der Waals surface area contributed by atoms with Gasteiger partial charge in [0.05, 0.1) is 6.61 Å². The molecule has 0 aliphatic carbocycles. The van der Waals surface area contributed by atoms with Gasteiger partial charge in [0.2, 0.25) is 0 Å². The van der Waals surface area contributed by atoms with Gasteiger partial charge < -0.3 is 14.9 Å². The highest BCUT2D eigenvalue weighted by atomic mass is 31.2. The minimum atomic E-state index is -4.33. The van der Waals surface area contributed by atoms with Gasteiger partial charge in [0.15, 0.2) is 0 Å². The molecule has 3 N–H and O–H groups in total. The second kappa shape index (κ2) is 5.08. The zero-order valence-corrected chi connectivity index (χ0v) is 8.83. The average molecular weight is 212 g/mol. The quantitative estimate of drug-likeness (QED) is 0.569. The van der Waals surface area contributed by atoms with Gasteiger partial charge in [-0.05, 0) is 18.3 Å². The molecule has 80 valence electrons. The van der Waals surface area contributed by atoms with Crippen LogP contribution in [0, 0.1) is 5.41 Å². The van der Waals surface area contributed by atoms with Crippen LogP contribution < -0.4 is 0 Å². The Morgan fingerprint density at radius 3 is 2.23 bits per heavy atom. The highest BCUT2D eigenvalue weighted by Gasteiger charge is 2.20. The van der Waals surface area contributed by atoms with E-state index in [4.69, 9.17) is 14.9 Å². The Morgan fingerprint density at radius 1 is 1.31 bits per heavy atom. The van der Waals surface area contributed by atoms with Gasteiger partial charge in [0.25, 0.3) is 0 Å². The smallest absolute Gasteiger partial charge is 0.396 e. The van der Waals surface area contributed by atoms with Crippen LogP contribution in [0.3, 0.4) is 0 Å². The van der Waals surface area contributed by atoms with Crippen molar-refractivity contribution in [1.82, 2.24) is 0 Å². The number of aliphatic hydroxyl groups excluding tert-OH is 1. The minimum absolute atomic E-state index is 0.0112. The van der Waals surface area contributed by atoms with Crippen LogP contribution in [0.4, 0.5) is 0 Å². The van der Waals surface area contributed by atoms with Crippen LogP contribution in [-0.2, 0) is 9.09 Å². The third kappa shape index (κ3) is 8.40. The van der Waals surface area contributed by atoms with Crippen molar-refractivity contribution in [2.24, 2.45) is 5.41 Å². The maximum absolute atomic E-state index is 10.3. The average Bonchev–Trinajstić information content (AvgIpc) is 1.82. The number of hydrogen-bond acceptors (Lipinski definition) is 3. The second-order valence-electron chi connectivity index (χ2n) is 3.71. The maximum Gasteiger partial charge on any atom is 0.469 e. The number of aliphatic hydroxyl groups is 1. The van der Waals surface area contributed by atoms with Crippen LogP contribution in [0.15, 0.2) is 0 Å². The van der Waals surface area contributed by atoms with E-state index in [1.54, 1.807) is 0 Å². The molecule has 0 unspecified atom stereocenters. The van der Waals surface area contributed by atoms with Gasteiger partial charge >= 0.3 is 7.82 Å². The lowest BCUT2D eigenvalue weighted by Gasteiger charge is -2.23. The molecule has 0 aliphatic rings. The van der Waals surface area contributed by atoms with Crippen LogP contribution in [-0.4, -0.2) is 28.1 Å². The van der Waals surface area contributed by atoms with Gasteiger partial charge in [-0.25, -0.2) is 4.57 Å². The van der Waals surface area contributed by atoms with Crippen LogP contribution >= 0.6 is 7.82 Å². The second-order valence-corrected chi connectivity index (χ2v) is 4.95. The summed E-state index contributed by atoms with van der Waals surface area (Å²) in [5.41, 5.74) is -0.149. The fourth-order valence-electron chi connectivity index (χ4n) is 0.869. The molecule has 5 nitrogen and oxygen atoms in total. The van der Waals surface area contributed by atoms with Gasteiger partial charge in [-0.3, -0.25) is 4.52 Å². The molecule has 0 amide bonds. The Hall–Kier alpha value is 0.0700. The molecule has 6 heteroatoms. The van der Waals surface area contributed by atoms with Gasteiger partial charge in [0, 0.05) is 6.61 Å². The summed E-state index contributed by atoms with van der Waals surface area (Å²) in [5.74, 6) is 0. The molecule has 0 heterocycles. The van der Waals surface area contributed by atoms with Crippen LogP contribution in [0.2, 0.25) is 0 Å². The Morgan fingerprint density at radius 2 is 1.85 bits per heavy atom. The molecule has 0 atom stereocenters. The van der Waals surface area contributed by atoms with Crippen molar-refractivity contribution in [3.63, 3.8) is 0 Å². The van der Waals surface area contributed by atoms with Gasteiger partial charge in [0.1, 0.15) is 0 Å². The first-order valence-electron chi connectivity index (χ1n) is 4.08. The Balaban J connectivity index is 3.69. The third-order valence-corrected chi connectivity index (χ3v) is 2.35. The van der Waals surface area contributed by atoms with E-state index >= 15 is 0 Å². The van der Waals surface area contributed by atoms with E-state index in [1.165, 1.54) is 0 Å². The summed E-state index contributed by atoms with van der Waals surface area (Å²) in [4.78, 5) is 16.8. The van der Waals surface area contributed by atoms with E-state index < -0.39 is 7.82 Å². The van der Waals surface area contributed by atoms with Crippen molar-refractivity contribution < 1.29 is 24.0 Å². The summed E-state index contributed by atoms with van der Waals surface area (Å²) in [6.45, 7) is 3.90. The largest absolute Gasteiger partial charge is 0.469 e. The van der Waals surface area contributed by atoms with Crippen molar-refractivity contribution in [2.45, 2.75) is 26.7 Å². The highest BCUT2D eigenvalue weighted by Crippen LogP contribution is 2.37. The SMILES string of the molecule is CC(C)(CCO)CCOP(=O)(O)O. The predicted molar refractivity (Wildman–Crippen MR) is 48.1 cm³/mol. The van der Waals surface area contributed by atoms with E-state index in [-0.39, 0.29) is 18.6 Å². The number of hydrogen-bond donors (Lipinski definition) is 3. The zero-order chi connectivity index (χ0) is 10.5. The lowest BCUT2D eigenvalue weighted by Crippen LogP contribution is -2.15. The summed E-state index contributed by atoms with van der Waals surface area (Å²) >= 11 is 0. The van der Waals surface area contributed by atoms with Crippen LogP contribution in [0.5, 0.6) is 0 Å².